The van der Waals surface area contributed by atoms with Gasteiger partial charge in [0.25, 0.3) is 0 Å². The number of piperidine rings is 1. The van der Waals surface area contributed by atoms with Gasteiger partial charge in [-0.15, -0.1) is 0 Å². The van der Waals surface area contributed by atoms with E-state index < -0.39 is 0 Å². The van der Waals surface area contributed by atoms with Crippen LogP contribution in [0.25, 0.3) is 0 Å². The topological polar surface area (TPSA) is 6.48 Å². The quantitative estimate of drug-likeness (QED) is 0.457. The second kappa shape index (κ2) is 7.82. The Labute approximate surface area is 175 Å². The fourth-order valence-corrected chi connectivity index (χ4v) is 6.22. The third-order valence-corrected chi connectivity index (χ3v) is 7.33. The number of fused-ring (bicyclic) bond motifs is 2. The summed E-state index contributed by atoms with van der Waals surface area (Å²) in [5.41, 5.74) is 1.82. The Morgan fingerprint density at radius 3 is 2.73 bits per heavy atom. The summed E-state index contributed by atoms with van der Waals surface area (Å²) in [6, 6.07) is 10.4. The molecule has 2 aromatic carbocycles. The van der Waals surface area contributed by atoms with Crippen LogP contribution in [0.3, 0.4) is 0 Å². The molecule has 2 aliphatic heterocycles. The van der Waals surface area contributed by atoms with Crippen molar-refractivity contribution in [2.75, 3.05) is 25.0 Å². The van der Waals surface area contributed by atoms with Gasteiger partial charge in [0.2, 0.25) is 0 Å². The van der Waals surface area contributed by atoms with E-state index >= 15 is 0 Å². The summed E-state index contributed by atoms with van der Waals surface area (Å²) in [7, 11) is 2.21. The first-order chi connectivity index (χ1) is 12.5. The summed E-state index contributed by atoms with van der Waals surface area (Å²) in [5, 5.41) is 0. The molecule has 6 heteroatoms. The van der Waals surface area contributed by atoms with E-state index in [2.05, 4.69) is 60.8 Å². The van der Waals surface area contributed by atoms with E-state index in [1.807, 2.05) is 12.1 Å². The van der Waals surface area contributed by atoms with E-state index in [0.717, 1.165) is 32.5 Å². The maximum Gasteiger partial charge on any atom is 0.149 e. The number of likely N-dealkylation sites (tertiary alicyclic amines) is 1. The minimum Gasteiger partial charge on any atom is -0.337 e. The molecule has 1 unspecified atom stereocenters. The van der Waals surface area contributed by atoms with Gasteiger partial charge in [0, 0.05) is 31.3 Å². The number of benzene rings is 2. The zero-order chi connectivity index (χ0) is 18.3. The lowest BCUT2D eigenvalue weighted by atomic mass is 9.99. The van der Waals surface area contributed by atoms with Crippen molar-refractivity contribution in [1.29, 1.82) is 0 Å². The predicted molar refractivity (Wildman–Crippen MR) is 114 cm³/mol. The van der Waals surface area contributed by atoms with Crippen LogP contribution in [-0.4, -0.2) is 31.1 Å². The number of hydrogen-bond acceptors (Lipinski definition) is 3. The Hall–Kier alpha value is -0.560. The normalized spacial score (nSPS) is 20.0. The number of halogens is 3. The minimum atomic E-state index is -0.160. The van der Waals surface area contributed by atoms with Crippen LogP contribution >= 0.6 is 43.6 Å². The monoisotopic (exact) mass is 498 g/mol. The SMILES string of the molecule is CN1CCCCC1CCN1c2ccc(Br)cc2Sc2cc(Br)cc(F)c21. The molecule has 138 valence electrons. The molecule has 2 heterocycles. The molecular weight excluding hydrogens is 479 g/mol. The molecule has 0 saturated carbocycles. The molecule has 0 spiro atoms. The van der Waals surface area contributed by atoms with Gasteiger partial charge in [0.05, 0.1) is 11.4 Å². The highest BCUT2D eigenvalue weighted by molar-refractivity contribution is 9.10. The number of hydrogen-bond donors (Lipinski definition) is 0. The van der Waals surface area contributed by atoms with Gasteiger partial charge in [-0.3, -0.25) is 0 Å². The summed E-state index contributed by atoms with van der Waals surface area (Å²) in [6.07, 6.45) is 4.87. The second-order valence-corrected chi connectivity index (χ2v) is 9.93. The van der Waals surface area contributed by atoms with Crippen LogP contribution in [0.2, 0.25) is 0 Å². The molecule has 0 N–H and O–H groups in total. The molecular formula is C20H21Br2FN2S. The van der Waals surface area contributed by atoms with Crippen molar-refractivity contribution in [3.05, 3.63) is 45.1 Å². The van der Waals surface area contributed by atoms with Gasteiger partial charge in [-0.2, -0.15) is 0 Å². The van der Waals surface area contributed by atoms with Crippen molar-refractivity contribution in [2.45, 2.75) is 41.5 Å². The van der Waals surface area contributed by atoms with Gasteiger partial charge in [0.1, 0.15) is 5.82 Å². The molecule has 0 radical (unpaired) electrons. The van der Waals surface area contributed by atoms with Crippen LogP contribution in [0, 0.1) is 5.82 Å². The van der Waals surface area contributed by atoms with Crippen LogP contribution in [-0.2, 0) is 0 Å². The Balaban J connectivity index is 1.68. The summed E-state index contributed by atoms with van der Waals surface area (Å²) in [4.78, 5) is 6.78. The molecule has 26 heavy (non-hydrogen) atoms. The lowest BCUT2D eigenvalue weighted by Crippen LogP contribution is -2.38. The van der Waals surface area contributed by atoms with Crippen LogP contribution < -0.4 is 4.90 Å². The smallest absolute Gasteiger partial charge is 0.149 e. The highest BCUT2D eigenvalue weighted by atomic mass is 79.9. The summed E-state index contributed by atoms with van der Waals surface area (Å²) in [6.45, 7) is 2.00. The number of anilines is 2. The Kier molecular flexibility index (Phi) is 5.65. The lowest BCUT2D eigenvalue weighted by molar-refractivity contribution is 0.178. The van der Waals surface area contributed by atoms with Crippen LogP contribution in [0.15, 0.2) is 49.1 Å². The Morgan fingerprint density at radius 2 is 1.92 bits per heavy atom. The highest BCUT2D eigenvalue weighted by Gasteiger charge is 2.28. The second-order valence-electron chi connectivity index (χ2n) is 7.02. The van der Waals surface area contributed by atoms with Gasteiger partial charge in [-0.05, 0) is 63.2 Å². The lowest BCUT2D eigenvalue weighted by Gasteiger charge is -2.37. The molecule has 0 aromatic heterocycles. The van der Waals surface area contributed by atoms with Crippen molar-refractivity contribution in [2.24, 2.45) is 0 Å². The maximum absolute atomic E-state index is 14.9. The van der Waals surface area contributed by atoms with Gasteiger partial charge in [0.15, 0.2) is 0 Å². The van der Waals surface area contributed by atoms with Gasteiger partial charge < -0.3 is 9.80 Å². The van der Waals surface area contributed by atoms with E-state index in [4.69, 9.17) is 0 Å². The minimum absolute atomic E-state index is 0.160. The standard InChI is InChI=1S/C20H21Br2FN2S/c1-24-8-3-2-4-15(24)7-9-25-17-6-5-13(21)11-18(17)26-19-12-14(22)10-16(23)20(19)25/h5-6,10-12,15H,2-4,7-9H2,1H3. The van der Waals surface area contributed by atoms with E-state index in [0.29, 0.717) is 11.7 Å². The average Bonchev–Trinajstić information content (AvgIpc) is 2.59. The highest BCUT2D eigenvalue weighted by Crippen LogP contribution is 2.50. The predicted octanol–water partition coefficient (Wildman–Crippen LogP) is 6.83. The van der Waals surface area contributed by atoms with Crippen molar-refractivity contribution in [3.63, 3.8) is 0 Å². The zero-order valence-electron chi connectivity index (χ0n) is 14.6. The van der Waals surface area contributed by atoms with Crippen LogP contribution in [0.1, 0.15) is 25.7 Å². The Bertz CT molecular complexity index is 830. The molecule has 4 rings (SSSR count). The third-order valence-electron chi connectivity index (χ3n) is 5.30. The molecule has 2 aromatic rings. The molecule has 1 saturated heterocycles. The van der Waals surface area contributed by atoms with E-state index in [1.165, 1.54) is 30.7 Å². The zero-order valence-corrected chi connectivity index (χ0v) is 18.6. The number of nitrogens with zero attached hydrogens (tertiary/aromatic N) is 2. The van der Waals surface area contributed by atoms with Gasteiger partial charge in [-0.1, -0.05) is 50.0 Å². The fraction of sp³-hybridized carbons (Fsp3) is 0.400. The molecule has 0 bridgehead atoms. The molecule has 1 atom stereocenters. The summed E-state index contributed by atoms with van der Waals surface area (Å²) >= 11 is 8.64. The van der Waals surface area contributed by atoms with Crippen molar-refractivity contribution >= 4 is 55.0 Å². The van der Waals surface area contributed by atoms with Crippen molar-refractivity contribution in [3.8, 4) is 0 Å². The van der Waals surface area contributed by atoms with E-state index in [1.54, 1.807) is 17.8 Å². The fourth-order valence-electron chi connectivity index (χ4n) is 3.93. The molecule has 0 amide bonds. The van der Waals surface area contributed by atoms with E-state index in [9.17, 15) is 4.39 Å². The summed E-state index contributed by atoms with van der Waals surface area (Å²) < 4.78 is 16.7. The number of rotatable bonds is 3. The van der Waals surface area contributed by atoms with Crippen molar-refractivity contribution in [1.82, 2.24) is 4.90 Å². The average molecular weight is 500 g/mol. The van der Waals surface area contributed by atoms with E-state index in [-0.39, 0.29) is 5.82 Å². The molecule has 2 nitrogen and oxygen atoms in total. The van der Waals surface area contributed by atoms with Crippen LogP contribution in [0.4, 0.5) is 15.8 Å². The third kappa shape index (κ3) is 3.71. The van der Waals surface area contributed by atoms with Gasteiger partial charge in [-0.25, -0.2) is 4.39 Å². The molecule has 2 aliphatic rings. The maximum atomic E-state index is 14.9. The largest absolute Gasteiger partial charge is 0.337 e. The van der Waals surface area contributed by atoms with Crippen LogP contribution in [0.5, 0.6) is 0 Å². The molecule has 0 aliphatic carbocycles. The van der Waals surface area contributed by atoms with Gasteiger partial charge >= 0.3 is 0 Å². The molecule has 1 fully saturated rings. The van der Waals surface area contributed by atoms with Crippen molar-refractivity contribution < 1.29 is 4.39 Å². The summed E-state index contributed by atoms with van der Waals surface area (Å²) in [5.74, 6) is -0.160. The first kappa shape index (κ1) is 18.8. The first-order valence-corrected chi connectivity index (χ1v) is 11.4. The first-order valence-electron chi connectivity index (χ1n) is 8.97. The Morgan fingerprint density at radius 1 is 1.12 bits per heavy atom.